The molecule has 0 saturated carbocycles. The van der Waals surface area contributed by atoms with Crippen molar-refractivity contribution in [3.05, 3.63) is 29.8 Å². The molecule has 2 fully saturated rings. The number of carboxylic acids is 1. The molecule has 2 heterocycles. The van der Waals surface area contributed by atoms with Crippen molar-refractivity contribution in [1.82, 2.24) is 4.90 Å². The van der Waals surface area contributed by atoms with Crippen molar-refractivity contribution < 1.29 is 19.4 Å². The number of ether oxygens (including phenoxy) is 1. The number of carbonyl (C=O) groups is 2. The number of benzene rings is 1. The molecule has 1 spiro atoms. The number of nitrogens with zero attached hydrogens (tertiary/aromatic N) is 2. The van der Waals surface area contributed by atoms with E-state index in [1.807, 2.05) is 32.9 Å². The first-order valence-corrected chi connectivity index (χ1v) is 8.74. The van der Waals surface area contributed by atoms with E-state index < -0.39 is 11.6 Å². The van der Waals surface area contributed by atoms with Crippen molar-refractivity contribution in [1.29, 1.82) is 0 Å². The van der Waals surface area contributed by atoms with Gasteiger partial charge in [-0.1, -0.05) is 0 Å². The quantitative estimate of drug-likeness (QED) is 0.890. The highest BCUT2D eigenvalue weighted by atomic mass is 16.6. The molecule has 0 unspecified atom stereocenters. The predicted octanol–water partition coefficient (Wildman–Crippen LogP) is 3.22. The topological polar surface area (TPSA) is 70.1 Å². The number of aromatic carboxylic acids is 1. The molecular weight excluding hydrogens is 320 g/mol. The Kier molecular flexibility index (Phi) is 4.39. The smallest absolute Gasteiger partial charge is 0.410 e. The maximum atomic E-state index is 12.1. The van der Waals surface area contributed by atoms with Gasteiger partial charge in [-0.05, 0) is 57.9 Å². The van der Waals surface area contributed by atoms with E-state index in [0.29, 0.717) is 5.56 Å². The number of likely N-dealkylation sites (tertiary alicyclic amines) is 1. The standard InChI is InChI=1S/C19H26N2O4/c1-18(2,3)25-17(24)21-12-19(13-21)8-10-20(11-9-19)15-6-4-14(5-7-15)16(22)23/h4-7H,8-13H2,1-3H3,(H,22,23). The van der Waals surface area contributed by atoms with Crippen LogP contribution in [0.4, 0.5) is 10.5 Å². The summed E-state index contributed by atoms with van der Waals surface area (Å²) in [5, 5.41) is 8.98. The van der Waals surface area contributed by atoms with Gasteiger partial charge in [-0.25, -0.2) is 9.59 Å². The molecule has 25 heavy (non-hydrogen) atoms. The van der Waals surface area contributed by atoms with Crippen LogP contribution in [0.25, 0.3) is 0 Å². The lowest BCUT2D eigenvalue weighted by atomic mass is 9.72. The van der Waals surface area contributed by atoms with Gasteiger partial charge in [0.2, 0.25) is 0 Å². The Morgan fingerprint density at radius 1 is 1.08 bits per heavy atom. The van der Waals surface area contributed by atoms with Crippen LogP contribution in [0.2, 0.25) is 0 Å². The Morgan fingerprint density at radius 3 is 2.12 bits per heavy atom. The number of carbonyl (C=O) groups excluding carboxylic acids is 1. The van der Waals surface area contributed by atoms with Crippen molar-refractivity contribution in [3.8, 4) is 0 Å². The number of rotatable bonds is 2. The van der Waals surface area contributed by atoms with Gasteiger partial charge in [-0.3, -0.25) is 0 Å². The summed E-state index contributed by atoms with van der Waals surface area (Å²) >= 11 is 0. The summed E-state index contributed by atoms with van der Waals surface area (Å²) in [6.45, 7) is 9.04. The fourth-order valence-corrected chi connectivity index (χ4v) is 3.59. The Morgan fingerprint density at radius 2 is 1.64 bits per heavy atom. The zero-order valence-corrected chi connectivity index (χ0v) is 15.1. The number of amides is 1. The van der Waals surface area contributed by atoms with Crippen LogP contribution in [0.3, 0.4) is 0 Å². The first-order valence-electron chi connectivity index (χ1n) is 8.74. The first kappa shape index (κ1) is 17.6. The number of piperidine rings is 1. The van der Waals surface area contributed by atoms with Crippen molar-refractivity contribution in [2.45, 2.75) is 39.2 Å². The summed E-state index contributed by atoms with van der Waals surface area (Å²) < 4.78 is 5.43. The normalized spacial score (nSPS) is 19.5. The largest absolute Gasteiger partial charge is 0.478 e. The minimum absolute atomic E-state index is 0.217. The zero-order chi connectivity index (χ0) is 18.2. The van der Waals surface area contributed by atoms with Crippen LogP contribution in [0.5, 0.6) is 0 Å². The third-order valence-electron chi connectivity index (χ3n) is 5.01. The average Bonchev–Trinajstić information content (AvgIpc) is 2.51. The molecule has 2 saturated heterocycles. The van der Waals surface area contributed by atoms with Gasteiger partial charge < -0.3 is 19.6 Å². The molecule has 0 bridgehead atoms. The Labute approximate surface area is 148 Å². The molecule has 0 radical (unpaired) electrons. The van der Waals surface area contributed by atoms with Crippen molar-refractivity contribution in [3.63, 3.8) is 0 Å². The molecule has 1 aromatic carbocycles. The molecule has 6 heteroatoms. The first-order chi connectivity index (χ1) is 11.7. The predicted molar refractivity (Wildman–Crippen MR) is 95.1 cm³/mol. The third kappa shape index (κ3) is 3.89. The second kappa shape index (κ2) is 6.24. The van der Waals surface area contributed by atoms with Gasteiger partial charge in [-0.15, -0.1) is 0 Å². The van der Waals surface area contributed by atoms with Crippen LogP contribution in [0, 0.1) is 5.41 Å². The molecule has 1 amide bonds. The lowest BCUT2D eigenvalue weighted by molar-refractivity contribution is -0.0434. The summed E-state index contributed by atoms with van der Waals surface area (Å²) in [5.74, 6) is -0.902. The minimum atomic E-state index is -0.902. The fraction of sp³-hybridized carbons (Fsp3) is 0.579. The zero-order valence-electron chi connectivity index (χ0n) is 15.1. The van der Waals surface area contributed by atoms with Gasteiger partial charge in [0.15, 0.2) is 0 Å². The van der Waals surface area contributed by atoms with E-state index in [-0.39, 0.29) is 11.5 Å². The van der Waals surface area contributed by atoms with Gasteiger partial charge in [0, 0.05) is 37.3 Å². The van der Waals surface area contributed by atoms with E-state index in [1.54, 1.807) is 17.0 Å². The highest BCUT2D eigenvalue weighted by Gasteiger charge is 2.47. The summed E-state index contributed by atoms with van der Waals surface area (Å²) in [5.41, 5.74) is 1.13. The van der Waals surface area contributed by atoms with Crippen molar-refractivity contribution >= 4 is 17.7 Å². The van der Waals surface area contributed by atoms with Crippen molar-refractivity contribution in [2.75, 3.05) is 31.1 Å². The SMILES string of the molecule is CC(C)(C)OC(=O)N1CC2(CCN(c3ccc(C(=O)O)cc3)CC2)C1. The number of carboxylic acid groups (broad SMARTS) is 1. The summed E-state index contributed by atoms with van der Waals surface area (Å²) in [6.07, 6.45) is 1.85. The maximum absolute atomic E-state index is 12.1. The summed E-state index contributed by atoms with van der Waals surface area (Å²) in [4.78, 5) is 27.1. The van der Waals surface area contributed by atoms with Crippen LogP contribution in [0.15, 0.2) is 24.3 Å². The molecule has 0 aliphatic carbocycles. The van der Waals surface area contributed by atoms with Gasteiger partial charge in [0.25, 0.3) is 0 Å². The second-order valence-electron chi connectivity index (χ2n) is 8.18. The monoisotopic (exact) mass is 346 g/mol. The van der Waals surface area contributed by atoms with E-state index in [9.17, 15) is 9.59 Å². The molecule has 0 aromatic heterocycles. The highest BCUT2D eigenvalue weighted by Crippen LogP contribution is 2.41. The van der Waals surface area contributed by atoms with Crippen LogP contribution >= 0.6 is 0 Å². The van der Waals surface area contributed by atoms with Gasteiger partial charge in [0.05, 0.1) is 5.56 Å². The summed E-state index contributed by atoms with van der Waals surface area (Å²) in [6, 6.07) is 7.04. The lowest BCUT2D eigenvalue weighted by Gasteiger charge is -2.54. The number of hydrogen-bond acceptors (Lipinski definition) is 4. The van der Waals surface area contributed by atoms with Crippen LogP contribution < -0.4 is 4.90 Å². The van der Waals surface area contributed by atoms with E-state index in [2.05, 4.69) is 4.90 Å². The van der Waals surface area contributed by atoms with Crippen LogP contribution in [-0.4, -0.2) is 53.8 Å². The summed E-state index contributed by atoms with van der Waals surface area (Å²) in [7, 11) is 0. The van der Waals surface area contributed by atoms with Gasteiger partial charge in [-0.2, -0.15) is 0 Å². The minimum Gasteiger partial charge on any atom is -0.478 e. The molecular formula is C19H26N2O4. The molecule has 0 atom stereocenters. The van der Waals surface area contributed by atoms with Crippen molar-refractivity contribution in [2.24, 2.45) is 5.41 Å². The molecule has 1 N–H and O–H groups in total. The Hall–Kier alpha value is -2.24. The van der Waals surface area contributed by atoms with E-state index in [4.69, 9.17) is 9.84 Å². The van der Waals surface area contributed by atoms with Crippen LogP contribution in [0.1, 0.15) is 44.0 Å². The Bertz CT molecular complexity index is 647. The molecule has 3 rings (SSSR count). The number of hydrogen-bond donors (Lipinski definition) is 1. The molecule has 6 nitrogen and oxygen atoms in total. The van der Waals surface area contributed by atoms with Gasteiger partial charge in [0.1, 0.15) is 5.60 Å². The fourth-order valence-electron chi connectivity index (χ4n) is 3.59. The lowest BCUT2D eigenvalue weighted by Crippen LogP contribution is -2.62. The van der Waals surface area contributed by atoms with Gasteiger partial charge >= 0.3 is 12.1 Å². The molecule has 2 aliphatic heterocycles. The van der Waals surface area contributed by atoms with E-state index >= 15 is 0 Å². The second-order valence-corrected chi connectivity index (χ2v) is 8.18. The molecule has 1 aromatic rings. The highest BCUT2D eigenvalue weighted by molar-refractivity contribution is 5.88. The third-order valence-corrected chi connectivity index (χ3v) is 5.01. The average molecular weight is 346 g/mol. The Balaban J connectivity index is 1.51. The van der Waals surface area contributed by atoms with Crippen LogP contribution in [-0.2, 0) is 4.74 Å². The van der Waals surface area contributed by atoms with E-state index in [1.165, 1.54) is 0 Å². The molecule has 136 valence electrons. The van der Waals surface area contributed by atoms with E-state index in [0.717, 1.165) is 44.7 Å². The maximum Gasteiger partial charge on any atom is 0.410 e. The molecule has 2 aliphatic rings. The number of anilines is 1.